The number of urea groups is 1. The van der Waals surface area contributed by atoms with Crippen molar-refractivity contribution in [2.75, 3.05) is 44.2 Å². The second-order valence-corrected chi connectivity index (χ2v) is 6.55. The molecule has 6 nitrogen and oxygen atoms in total. The molecule has 0 aliphatic carbocycles. The fraction of sp³-hybridized carbons (Fsp3) is 0.333. The maximum Gasteiger partial charge on any atom is 0.317 e. The van der Waals surface area contributed by atoms with Crippen LogP contribution in [-0.2, 0) is 11.2 Å². The molecule has 1 aliphatic heterocycles. The molecule has 1 heterocycles. The van der Waals surface area contributed by atoms with E-state index in [1.165, 1.54) is 11.3 Å². The number of carbonyl (C=O) groups excluding carboxylic acids is 2. The lowest BCUT2D eigenvalue weighted by Gasteiger charge is -2.36. The molecule has 1 saturated heterocycles. The Morgan fingerprint density at radius 1 is 0.815 bits per heavy atom. The Hall–Kier alpha value is -3.02. The average molecular weight is 366 g/mol. The van der Waals surface area contributed by atoms with Crippen molar-refractivity contribution in [3.63, 3.8) is 0 Å². The van der Waals surface area contributed by atoms with Crippen LogP contribution in [-0.4, -0.2) is 56.1 Å². The third-order valence-electron chi connectivity index (χ3n) is 4.67. The molecule has 0 unspecified atom stereocenters. The summed E-state index contributed by atoms with van der Waals surface area (Å²) in [5.41, 5.74) is 2.36. The van der Waals surface area contributed by atoms with Crippen LogP contribution < -0.4 is 15.5 Å². The molecule has 2 aromatic rings. The van der Waals surface area contributed by atoms with Crippen LogP contribution in [0.15, 0.2) is 60.7 Å². The Labute approximate surface area is 160 Å². The van der Waals surface area contributed by atoms with Crippen LogP contribution in [0.25, 0.3) is 0 Å². The van der Waals surface area contributed by atoms with Crippen LogP contribution in [0, 0.1) is 0 Å². The van der Waals surface area contributed by atoms with E-state index in [2.05, 4.69) is 27.7 Å². The minimum Gasteiger partial charge on any atom is -0.368 e. The van der Waals surface area contributed by atoms with Gasteiger partial charge in [0.2, 0.25) is 5.91 Å². The number of carbonyl (C=O) groups is 2. The Balaban J connectivity index is 1.33. The molecule has 2 aromatic carbocycles. The number of nitrogens with one attached hydrogen (secondary N) is 2. The number of hydrogen-bond acceptors (Lipinski definition) is 3. The summed E-state index contributed by atoms with van der Waals surface area (Å²) in [6.45, 7) is 3.45. The van der Waals surface area contributed by atoms with Crippen LogP contribution in [0.3, 0.4) is 0 Å². The molecule has 0 radical (unpaired) electrons. The van der Waals surface area contributed by atoms with Crippen molar-refractivity contribution < 1.29 is 9.59 Å². The fourth-order valence-electron chi connectivity index (χ4n) is 3.13. The Bertz CT molecular complexity index is 728. The molecule has 3 amide bonds. The minimum atomic E-state index is -0.180. The van der Waals surface area contributed by atoms with E-state index in [1.807, 2.05) is 48.5 Å². The van der Waals surface area contributed by atoms with Gasteiger partial charge in [-0.25, -0.2) is 4.79 Å². The van der Waals surface area contributed by atoms with E-state index >= 15 is 0 Å². The van der Waals surface area contributed by atoms with Gasteiger partial charge in [0.05, 0.1) is 6.54 Å². The van der Waals surface area contributed by atoms with Crippen molar-refractivity contribution in [3.8, 4) is 0 Å². The molecule has 1 fully saturated rings. The standard InChI is InChI=1S/C21H26N4O2/c26-20(22-12-11-18-7-3-1-4-8-18)17-23-21(27)25-15-13-24(14-16-25)19-9-5-2-6-10-19/h1-10H,11-17H2,(H,22,26)(H,23,27). The van der Waals surface area contributed by atoms with E-state index in [0.717, 1.165) is 19.5 Å². The van der Waals surface area contributed by atoms with Gasteiger partial charge >= 0.3 is 6.03 Å². The molecule has 3 rings (SSSR count). The van der Waals surface area contributed by atoms with E-state index in [4.69, 9.17) is 0 Å². The molecule has 0 atom stereocenters. The molecule has 0 bridgehead atoms. The molecular formula is C21H26N4O2. The van der Waals surface area contributed by atoms with Crippen molar-refractivity contribution in [1.29, 1.82) is 0 Å². The third-order valence-corrected chi connectivity index (χ3v) is 4.67. The number of hydrogen-bond donors (Lipinski definition) is 2. The van der Waals surface area contributed by atoms with Crippen LogP contribution in [0.1, 0.15) is 5.56 Å². The summed E-state index contributed by atoms with van der Waals surface area (Å²) < 4.78 is 0. The average Bonchev–Trinajstić information content (AvgIpc) is 2.73. The second kappa shape index (κ2) is 9.62. The third kappa shape index (κ3) is 5.74. The first-order valence-electron chi connectivity index (χ1n) is 9.36. The highest BCUT2D eigenvalue weighted by Gasteiger charge is 2.21. The second-order valence-electron chi connectivity index (χ2n) is 6.55. The highest BCUT2D eigenvalue weighted by Crippen LogP contribution is 2.15. The van der Waals surface area contributed by atoms with Gasteiger partial charge in [0.25, 0.3) is 0 Å². The zero-order valence-corrected chi connectivity index (χ0v) is 15.4. The number of rotatable bonds is 6. The van der Waals surface area contributed by atoms with Gasteiger partial charge in [0.1, 0.15) is 0 Å². The van der Waals surface area contributed by atoms with E-state index in [1.54, 1.807) is 4.90 Å². The monoisotopic (exact) mass is 366 g/mol. The van der Waals surface area contributed by atoms with Gasteiger partial charge in [0, 0.05) is 38.4 Å². The summed E-state index contributed by atoms with van der Waals surface area (Å²) in [6.07, 6.45) is 0.780. The predicted molar refractivity (Wildman–Crippen MR) is 107 cm³/mol. The quantitative estimate of drug-likeness (QED) is 0.820. The number of amides is 3. The summed E-state index contributed by atoms with van der Waals surface area (Å²) in [4.78, 5) is 28.2. The van der Waals surface area contributed by atoms with Crippen LogP contribution >= 0.6 is 0 Å². The molecule has 1 aliphatic rings. The first kappa shape index (κ1) is 18.8. The van der Waals surface area contributed by atoms with Crippen molar-refractivity contribution in [2.24, 2.45) is 0 Å². The molecular weight excluding hydrogens is 340 g/mol. The lowest BCUT2D eigenvalue weighted by molar-refractivity contribution is -0.120. The molecule has 0 spiro atoms. The van der Waals surface area contributed by atoms with Gasteiger partial charge in [0.15, 0.2) is 0 Å². The number of benzene rings is 2. The smallest absolute Gasteiger partial charge is 0.317 e. The summed E-state index contributed by atoms with van der Waals surface area (Å²) in [5.74, 6) is -0.165. The summed E-state index contributed by atoms with van der Waals surface area (Å²) in [5, 5.41) is 5.55. The molecule has 2 N–H and O–H groups in total. The van der Waals surface area contributed by atoms with Crippen molar-refractivity contribution in [3.05, 3.63) is 66.2 Å². The molecule has 0 aromatic heterocycles. The highest BCUT2D eigenvalue weighted by atomic mass is 16.2. The van der Waals surface area contributed by atoms with Crippen LogP contribution in [0.4, 0.5) is 10.5 Å². The molecule has 0 saturated carbocycles. The summed E-state index contributed by atoms with van der Waals surface area (Å²) >= 11 is 0. The lowest BCUT2D eigenvalue weighted by Crippen LogP contribution is -2.53. The van der Waals surface area contributed by atoms with Gasteiger partial charge in [-0.3, -0.25) is 4.79 Å². The number of nitrogens with zero attached hydrogens (tertiary/aromatic N) is 2. The predicted octanol–water partition coefficient (Wildman–Crippen LogP) is 1.88. The largest absolute Gasteiger partial charge is 0.368 e. The van der Waals surface area contributed by atoms with Gasteiger partial charge in [-0.2, -0.15) is 0 Å². The van der Waals surface area contributed by atoms with Gasteiger partial charge in [-0.15, -0.1) is 0 Å². The Morgan fingerprint density at radius 2 is 1.44 bits per heavy atom. The molecule has 6 heteroatoms. The minimum absolute atomic E-state index is 0.00647. The zero-order valence-electron chi connectivity index (χ0n) is 15.4. The highest BCUT2D eigenvalue weighted by molar-refractivity contribution is 5.84. The van der Waals surface area contributed by atoms with E-state index in [0.29, 0.717) is 19.6 Å². The number of para-hydroxylation sites is 1. The first-order valence-corrected chi connectivity index (χ1v) is 9.36. The van der Waals surface area contributed by atoms with Crippen LogP contribution in [0.5, 0.6) is 0 Å². The normalized spacial score (nSPS) is 13.9. The Morgan fingerprint density at radius 3 is 2.11 bits per heavy atom. The van der Waals surface area contributed by atoms with Crippen LogP contribution in [0.2, 0.25) is 0 Å². The van der Waals surface area contributed by atoms with E-state index < -0.39 is 0 Å². The van der Waals surface area contributed by atoms with Crippen molar-refractivity contribution in [2.45, 2.75) is 6.42 Å². The van der Waals surface area contributed by atoms with Gasteiger partial charge in [-0.05, 0) is 24.1 Å². The lowest BCUT2D eigenvalue weighted by atomic mass is 10.1. The maximum absolute atomic E-state index is 12.3. The van der Waals surface area contributed by atoms with Crippen molar-refractivity contribution >= 4 is 17.6 Å². The Kier molecular flexibility index (Phi) is 6.68. The molecule has 27 heavy (non-hydrogen) atoms. The maximum atomic E-state index is 12.3. The summed E-state index contributed by atoms with van der Waals surface area (Å²) in [6, 6.07) is 20.0. The topological polar surface area (TPSA) is 64.7 Å². The zero-order chi connectivity index (χ0) is 18.9. The van der Waals surface area contributed by atoms with Gasteiger partial charge < -0.3 is 20.4 Å². The number of anilines is 1. The summed E-state index contributed by atoms with van der Waals surface area (Å²) in [7, 11) is 0. The van der Waals surface area contributed by atoms with E-state index in [9.17, 15) is 9.59 Å². The van der Waals surface area contributed by atoms with Crippen molar-refractivity contribution in [1.82, 2.24) is 15.5 Å². The SMILES string of the molecule is O=C(CNC(=O)N1CCN(c2ccccc2)CC1)NCCc1ccccc1. The van der Waals surface area contributed by atoms with E-state index in [-0.39, 0.29) is 18.5 Å². The fourth-order valence-corrected chi connectivity index (χ4v) is 3.13. The van der Waals surface area contributed by atoms with Gasteiger partial charge in [-0.1, -0.05) is 48.5 Å². The molecule has 142 valence electrons. The first-order chi connectivity index (χ1) is 13.2. The number of piperazine rings is 1.